The molecule has 0 aliphatic carbocycles. The van der Waals surface area contributed by atoms with Crippen molar-refractivity contribution in [1.29, 1.82) is 0 Å². The zero-order valence-corrected chi connectivity index (χ0v) is 11.8. The van der Waals surface area contributed by atoms with Crippen molar-refractivity contribution in [2.45, 2.75) is 20.3 Å². The minimum Gasteiger partial charge on any atom is -0.397 e. The minimum atomic E-state index is -0.0461. The summed E-state index contributed by atoms with van der Waals surface area (Å²) in [6.45, 7) is 4.55. The van der Waals surface area contributed by atoms with Gasteiger partial charge in [-0.3, -0.25) is 9.78 Å². The maximum absolute atomic E-state index is 12.7. The van der Waals surface area contributed by atoms with E-state index < -0.39 is 0 Å². The molecular weight excluding hydrogens is 250 g/mol. The number of nitrogens with zero attached hydrogens (tertiary/aromatic N) is 2. The third-order valence-corrected chi connectivity index (χ3v) is 3.06. The van der Waals surface area contributed by atoms with Gasteiger partial charge in [0.2, 0.25) is 0 Å². The number of aryl methyl sites for hydroxylation is 1. The molecule has 2 rings (SSSR count). The van der Waals surface area contributed by atoms with E-state index in [1.165, 1.54) is 0 Å². The number of nitrogen functional groups attached to an aromatic ring is 1. The van der Waals surface area contributed by atoms with Crippen LogP contribution >= 0.6 is 0 Å². The average Bonchev–Trinajstić information content (AvgIpc) is 2.45. The van der Waals surface area contributed by atoms with Crippen LogP contribution in [-0.2, 0) is 0 Å². The van der Waals surface area contributed by atoms with Crippen LogP contribution in [0.2, 0.25) is 0 Å². The van der Waals surface area contributed by atoms with Crippen molar-refractivity contribution in [3.8, 4) is 0 Å². The number of rotatable bonds is 4. The average molecular weight is 269 g/mol. The van der Waals surface area contributed by atoms with Crippen molar-refractivity contribution in [3.05, 3.63) is 53.9 Å². The molecule has 0 unspecified atom stereocenters. The van der Waals surface area contributed by atoms with Crippen molar-refractivity contribution in [2.75, 3.05) is 17.2 Å². The maximum Gasteiger partial charge on any atom is 0.258 e. The lowest BCUT2D eigenvalue weighted by Gasteiger charge is -2.23. The first-order valence-electron chi connectivity index (χ1n) is 6.72. The third-order valence-electron chi connectivity index (χ3n) is 3.06. The van der Waals surface area contributed by atoms with Gasteiger partial charge in [0.25, 0.3) is 5.91 Å². The van der Waals surface area contributed by atoms with Crippen molar-refractivity contribution >= 4 is 17.3 Å². The zero-order chi connectivity index (χ0) is 14.5. The highest BCUT2D eigenvalue weighted by molar-refractivity contribution is 6.07. The van der Waals surface area contributed by atoms with Gasteiger partial charge < -0.3 is 10.6 Å². The van der Waals surface area contributed by atoms with Crippen LogP contribution in [-0.4, -0.2) is 17.4 Å². The van der Waals surface area contributed by atoms with Crippen molar-refractivity contribution in [2.24, 2.45) is 0 Å². The largest absolute Gasteiger partial charge is 0.397 e. The van der Waals surface area contributed by atoms with Gasteiger partial charge in [0, 0.05) is 24.0 Å². The van der Waals surface area contributed by atoms with Crippen LogP contribution in [0.5, 0.6) is 0 Å². The highest BCUT2D eigenvalue weighted by atomic mass is 16.2. The van der Waals surface area contributed by atoms with Crippen molar-refractivity contribution in [1.82, 2.24) is 4.98 Å². The van der Waals surface area contributed by atoms with E-state index in [0.29, 0.717) is 17.8 Å². The fraction of sp³-hybridized carbons (Fsp3) is 0.250. The normalized spacial score (nSPS) is 10.3. The number of para-hydroxylation sites is 2. The van der Waals surface area contributed by atoms with E-state index in [9.17, 15) is 4.79 Å². The predicted molar refractivity (Wildman–Crippen MR) is 81.8 cm³/mol. The van der Waals surface area contributed by atoms with Crippen LogP contribution in [0, 0.1) is 6.92 Å². The summed E-state index contributed by atoms with van der Waals surface area (Å²) in [6, 6.07) is 11.0. The predicted octanol–water partition coefficient (Wildman–Crippen LogP) is 3.03. The number of carbonyl (C=O) groups excluding carboxylic acids is 1. The second kappa shape index (κ2) is 6.19. The molecule has 1 amide bonds. The van der Waals surface area contributed by atoms with E-state index in [2.05, 4.69) is 4.98 Å². The number of anilines is 2. The summed E-state index contributed by atoms with van der Waals surface area (Å²) in [5.74, 6) is -0.0461. The van der Waals surface area contributed by atoms with Crippen molar-refractivity contribution in [3.63, 3.8) is 0 Å². The van der Waals surface area contributed by atoms with Crippen LogP contribution in [0.1, 0.15) is 29.4 Å². The number of pyridine rings is 1. The van der Waals surface area contributed by atoms with Gasteiger partial charge in [0.15, 0.2) is 0 Å². The topological polar surface area (TPSA) is 59.2 Å². The molecule has 2 N–H and O–H groups in total. The first-order chi connectivity index (χ1) is 9.63. The summed E-state index contributed by atoms with van der Waals surface area (Å²) in [6.07, 6.45) is 2.52. The molecule has 104 valence electrons. The Morgan fingerprint density at radius 3 is 2.70 bits per heavy atom. The molecule has 20 heavy (non-hydrogen) atoms. The molecule has 0 aliphatic heterocycles. The molecule has 2 aromatic rings. The van der Waals surface area contributed by atoms with E-state index in [0.717, 1.165) is 17.8 Å². The molecule has 0 radical (unpaired) electrons. The molecule has 4 nitrogen and oxygen atoms in total. The standard InChI is InChI=1S/C16H19N3O/c1-3-10-19(15-7-5-4-6-14(15)17)16(20)13-8-9-18-12(2)11-13/h4-9,11H,3,10,17H2,1-2H3. The van der Waals surface area contributed by atoms with E-state index in [1.54, 1.807) is 23.2 Å². The van der Waals surface area contributed by atoms with Gasteiger partial charge in [-0.05, 0) is 37.6 Å². The number of carbonyl (C=O) groups is 1. The Morgan fingerprint density at radius 1 is 1.30 bits per heavy atom. The molecule has 0 spiro atoms. The Labute approximate surface area is 119 Å². The molecular formula is C16H19N3O. The van der Waals surface area contributed by atoms with E-state index in [4.69, 9.17) is 5.73 Å². The Bertz CT molecular complexity index is 610. The number of benzene rings is 1. The highest BCUT2D eigenvalue weighted by Gasteiger charge is 2.18. The first-order valence-corrected chi connectivity index (χ1v) is 6.72. The highest BCUT2D eigenvalue weighted by Crippen LogP contribution is 2.24. The quantitative estimate of drug-likeness (QED) is 0.868. The molecule has 0 saturated carbocycles. The number of amides is 1. The lowest BCUT2D eigenvalue weighted by atomic mass is 10.1. The summed E-state index contributed by atoms with van der Waals surface area (Å²) < 4.78 is 0. The molecule has 0 aliphatic rings. The van der Waals surface area contributed by atoms with Gasteiger partial charge in [0.05, 0.1) is 11.4 Å². The van der Waals surface area contributed by atoms with Crippen LogP contribution < -0.4 is 10.6 Å². The van der Waals surface area contributed by atoms with Gasteiger partial charge in [0.1, 0.15) is 0 Å². The van der Waals surface area contributed by atoms with Gasteiger partial charge in [-0.1, -0.05) is 19.1 Å². The lowest BCUT2D eigenvalue weighted by Crippen LogP contribution is -2.32. The zero-order valence-electron chi connectivity index (χ0n) is 11.8. The number of aromatic nitrogens is 1. The monoisotopic (exact) mass is 269 g/mol. The molecule has 1 heterocycles. The van der Waals surface area contributed by atoms with Gasteiger partial charge in [-0.2, -0.15) is 0 Å². The summed E-state index contributed by atoms with van der Waals surface area (Å²) in [7, 11) is 0. The van der Waals surface area contributed by atoms with Gasteiger partial charge in [-0.15, -0.1) is 0 Å². The summed E-state index contributed by atoms with van der Waals surface area (Å²) in [5, 5.41) is 0. The summed E-state index contributed by atoms with van der Waals surface area (Å²) in [5.41, 5.74) is 8.82. The van der Waals surface area contributed by atoms with Gasteiger partial charge >= 0.3 is 0 Å². The van der Waals surface area contributed by atoms with E-state index in [1.807, 2.05) is 38.1 Å². The minimum absolute atomic E-state index is 0.0461. The molecule has 0 bridgehead atoms. The second-order valence-electron chi connectivity index (χ2n) is 4.70. The molecule has 1 aromatic heterocycles. The third kappa shape index (κ3) is 2.96. The van der Waals surface area contributed by atoms with Crippen LogP contribution in [0.4, 0.5) is 11.4 Å². The smallest absolute Gasteiger partial charge is 0.258 e. The lowest BCUT2D eigenvalue weighted by molar-refractivity contribution is 0.0987. The molecule has 4 heteroatoms. The number of hydrogen-bond donors (Lipinski definition) is 1. The van der Waals surface area contributed by atoms with Crippen LogP contribution in [0.3, 0.4) is 0 Å². The fourth-order valence-electron chi connectivity index (χ4n) is 2.12. The Hall–Kier alpha value is -2.36. The molecule has 1 aromatic carbocycles. The first kappa shape index (κ1) is 14.1. The SMILES string of the molecule is CCCN(C(=O)c1ccnc(C)c1)c1ccccc1N. The Kier molecular flexibility index (Phi) is 4.35. The molecule has 0 fully saturated rings. The molecule has 0 atom stereocenters. The second-order valence-corrected chi connectivity index (χ2v) is 4.70. The van der Waals surface area contributed by atoms with Gasteiger partial charge in [-0.25, -0.2) is 0 Å². The van der Waals surface area contributed by atoms with Crippen LogP contribution in [0.25, 0.3) is 0 Å². The van der Waals surface area contributed by atoms with E-state index >= 15 is 0 Å². The maximum atomic E-state index is 12.7. The number of nitrogens with two attached hydrogens (primary N) is 1. The Morgan fingerprint density at radius 2 is 2.05 bits per heavy atom. The van der Waals surface area contributed by atoms with E-state index in [-0.39, 0.29) is 5.91 Å². The Balaban J connectivity index is 2.39. The fourth-order valence-corrected chi connectivity index (χ4v) is 2.12. The summed E-state index contributed by atoms with van der Waals surface area (Å²) >= 11 is 0. The molecule has 0 saturated heterocycles. The van der Waals surface area contributed by atoms with Crippen molar-refractivity contribution < 1.29 is 4.79 Å². The summed E-state index contributed by atoms with van der Waals surface area (Å²) in [4.78, 5) is 18.5. The number of hydrogen-bond acceptors (Lipinski definition) is 3. The van der Waals surface area contributed by atoms with Crippen LogP contribution in [0.15, 0.2) is 42.6 Å².